The lowest BCUT2D eigenvalue weighted by Crippen LogP contribution is -1.98. The SMILES string of the molecule is Cn1c(CO)nnc1Sc1nc2ccccc2o1. The molecule has 0 saturated carbocycles. The summed E-state index contributed by atoms with van der Waals surface area (Å²) in [6, 6.07) is 7.56. The molecule has 0 aliphatic heterocycles. The summed E-state index contributed by atoms with van der Waals surface area (Å²) < 4.78 is 7.29. The quantitative estimate of drug-likeness (QED) is 0.772. The molecule has 2 heterocycles. The van der Waals surface area contributed by atoms with E-state index in [4.69, 9.17) is 9.52 Å². The van der Waals surface area contributed by atoms with E-state index in [1.807, 2.05) is 24.3 Å². The van der Waals surface area contributed by atoms with Gasteiger partial charge in [-0.2, -0.15) is 0 Å². The lowest BCUT2D eigenvalue weighted by Gasteiger charge is -1.98. The fourth-order valence-corrected chi connectivity index (χ4v) is 2.30. The molecule has 0 aliphatic carbocycles. The van der Waals surface area contributed by atoms with E-state index in [-0.39, 0.29) is 6.61 Å². The van der Waals surface area contributed by atoms with Crippen LogP contribution in [0.2, 0.25) is 0 Å². The monoisotopic (exact) mass is 262 g/mol. The van der Waals surface area contributed by atoms with Crippen LogP contribution in [0.5, 0.6) is 0 Å². The van der Waals surface area contributed by atoms with E-state index in [9.17, 15) is 0 Å². The van der Waals surface area contributed by atoms with Gasteiger partial charge in [0, 0.05) is 18.8 Å². The number of aromatic nitrogens is 4. The number of rotatable bonds is 3. The summed E-state index contributed by atoms with van der Waals surface area (Å²) in [4.78, 5) is 4.34. The molecule has 0 spiro atoms. The molecule has 3 aromatic rings. The molecule has 0 fully saturated rings. The van der Waals surface area contributed by atoms with Crippen LogP contribution in [0.1, 0.15) is 5.82 Å². The average molecular weight is 262 g/mol. The summed E-state index contributed by atoms with van der Waals surface area (Å²) in [7, 11) is 1.79. The van der Waals surface area contributed by atoms with Crippen molar-refractivity contribution < 1.29 is 9.52 Å². The number of benzene rings is 1. The van der Waals surface area contributed by atoms with Gasteiger partial charge in [0.05, 0.1) is 0 Å². The molecule has 7 heteroatoms. The van der Waals surface area contributed by atoms with Crippen LogP contribution >= 0.6 is 11.8 Å². The predicted octanol–water partition coefficient (Wildman–Crippen LogP) is 1.60. The standard InChI is InChI=1S/C11H10N4O2S/c1-15-9(6-16)13-14-10(15)18-11-12-7-4-2-3-5-8(7)17-11/h2-5,16H,6H2,1H3. The minimum atomic E-state index is -0.141. The molecule has 0 bridgehead atoms. The highest BCUT2D eigenvalue weighted by atomic mass is 32.2. The van der Waals surface area contributed by atoms with Crippen LogP contribution < -0.4 is 0 Å². The summed E-state index contributed by atoms with van der Waals surface area (Å²) in [6.45, 7) is -0.141. The molecule has 1 N–H and O–H groups in total. The molecule has 2 aromatic heterocycles. The molecule has 0 unspecified atom stereocenters. The van der Waals surface area contributed by atoms with Crippen molar-refractivity contribution in [2.75, 3.05) is 0 Å². The highest BCUT2D eigenvalue weighted by Gasteiger charge is 2.13. The zero-order chi connectivity index (χ0) is 12.5. The van der Waals surface area contributed by atoms with Crippen molar-refractivity contribution >= 4 is 22.9 Å². The number of hydrogen-bond acceptors (Lipinski definition) is 6. The van der Waals surface area contributed by atoms with E-state index in [0.29, 0.717) is 16.2 Å². The van der Waals surface area contributed by atoms with Crippen LogP contribution in [0.15, 0.2) is 39.1 Å². The van der Waals surface area contributed by atoms with Gasteiger partial charge < -0.3 is 14.1 Å². The van der Waals surface area contributed by atoms with Crippen molar-refractivity contribution in [3.63, 3.8) is 0 Å². The van der Waals surface area contributed by atoms with Gasteiger partial charge in [-0.3, -0.25) is 0 Å². The minimum Gasteiger partial charge on any atom is -0.431 e. The molecular formula is C11H10N4O2S. The first kappa shape index (κ1) is 11.2. The second kappa shape index (κ2) is 4.43. The van der Waals surface area contributed by atoms with Crippen LogP contribution in [0.3, 0.4) is 0 Å². The van der Waals surface area contributed by atoms with Gasteiger partial charge in [0.2, 0.25) is 0 Å². The Bertz CT molecular complexity index is 658. The summed E-state index contributed by atoms with van der Waals surface area (Å²) in [5.74, 6) is 0.508. The Morgan fingerprint density at radius 3 is 2.89 bits per heavy atom. The van der Waals surface area contributed by atoms with E-state index in [1.165, 1.54) is 11.8 Å². The van der Waals surface area contributed by atoms with Gasteiger partial charge in [-0.25, -0.2) is 4.98 Å². The molecule has 0 radical (unpaired) electrons. The van der Waals surface area contributed by atoms with Gasteiger partial charge in [0.25, 0.3) is 5.22 Å². The molecule has 0 atom stereocenters. The molecule has 3 rings (SSSR count). The largest absolute Gasteiger partial charge is 0.431 e. The van der Waals surface area contributed by atoms with Crippen LogP contribution in [0, 0.1) is 0 Å². The van der Waals surface area contributed by atoms with Gasteiger partial charge in [0.1, 0.15) is 12.1 Å². The maximum absolute atomic E-state index is 9.04. The molecule has 6 nitrogen and oxygen atoms in total. The van der Waals surface area contributed by atoms with E-state index < -0.39 is 0 Å². The number of aliphatic hydroxyl groups excluding tert-OH is 1. The molecular weight excluding hydrogens is 252 g/mol. The Kier molecular flexibility index (Phi) is 2.77. The molecule has 1 aromatic carbocycles. The summed E-state index contributed by atoms with van der Waals surface area (Å²) in [5, 5.41) is 18.0. The lowest BCUT2D eigenvalue weighted by atomic mass is 10.3. The Labute approximate surface area is 107 Å². The normalized spacial score (nSPS) is 11.2. The van der Waals surface area contributed by atoms with E-state index >= 15 is 0 Å². The van der Waals surface area contributed by atoms with Crippen LogP contribution in [-0.4, -0.2) is 24.9 Å². The zero-order valence-electron chi connectivity index (χ0n) is 9.57. The van der Waals surface area contributed by atoms with Gasteiger partial charge in [-0.15, -0.1) is 10.2 Å². The van der Waals surface area contributed by atoms with Gasteiger partial charge in [0.15, 0.2) is 16.6 Å². The summed E-state index contributed by atoms with van der Waals surface area (Å²) >= 11 is 1.28. The molecule has 18 heavy (non-hydrogen) atoms. The minimum absolute atomic E-state index is 0.141. The van der Waals surface area contributed by atoms with Crippen LogP contribution in [0.4, 0.5) is 0 Å². The van der Waals surface area contributed by atoms with E-state index in [1.54, 1.807) is 11.6 Å². The molecule has 0 aliphatic rings. The topological polar surface area (TPSA) is 77.0 Å². The van der Waals surface area contributed by atoms with Crippen molar-refractivity contribution in [3.05, 3.63) is 30.1 Å². The third-order valence-corrected chi connectivity index (χ3v) is 3.41. The third-order valence-electron chi connectivity index (χ3n) is 2.52. The lowest BCUT2D eigenvalue weighted by molar-refractivity contribution is 0.266. The van der Waals surface area contributed by atoms with Crippen molar-refractivity contribution in [2.45, 2.75) is 17.0 Å². The smallest absolute Gasteiger partial charge is 0.264 e. The summed E-state index contributed by atoms with van der Waals surface area (Å²) in [5.41, 5.74) is 1.55. The fourth-order valence-electron chi connectivity index (χ4n) is 1.54. The molecule has 92 valence electrons. The van der Waals surface area contributed by atoms with Crippen molar-refractivity contribution in [2.24, 2.45) is 7.05 Å². The van der Waals surface area contributed by atoms with Crippen molar-refractivity contribution in [1.82, 2.24) is 19.7 Å². The van der Waals surface area contributed by atoms with Gasteiger partial charge in [-0.05, 0) is 12.1 Å². The van der Waals surface area contributed by atoms with E-state index in [0.717, 1.165) is 11.1 Å². The van der Waals surface area contributed by atoms with Crippen LogP contribution in [-0.2, 0) is 13.7 Å². The highest BCUT2D eigenvalue weighted by Crippen LogP contribution is 2.28. The number of aliphatic hydroxyl groups is 1. The second-order valence-corrected chi connectivity index (χ2v) is 4.58. The van der Waals surface area contributed by atoms with E-state index in [2.05, 4.69) is 15.2 Å². The first-order chi connectivity index (χ1) is 8.78. The fraction of sp³-hybridized carbons (Fsp3) is 0.182. The predicted molar refractivity (Wildman–Crippen MR) is 65.1 cm³/mol. The number of oxazole rings is 1. The Morgan fingerprint density at radius 1 is 1.33 bits per heavy atom. The maximum Gasteiger partial charge on any atom is 0.264 e. The number of fused-ring (bicyclic) bond motifs is 1. The Hall–Kier alpha value is -1.86. The number of para-hydroxylation sites is 2. The van der Waals surface area contributed by atoms with Crippen LogP contribution in [0.25, 0.3) is 11.1 Å². The first-order valence-corrected chi connectivity index (χ1v) is 6.12. The van der Waals surface area contributed by atoms with Gasteiger partial charge >= 0.3 is 0 Å². The highest BCUT2D eigenvalue weighted by molar-refractivity contribution is 7.99. The Morgan fingerprint density at radius 2 is 2.17 bits per heavy atom. The van der Waals surface area contributed by atoms with Crippen molar-refractivity contribution in [1.29, 1.82) is 0 Å². The van der Waals surface area contributed by atoms with Crippen molar-refractivity contribution in [3.8, 4) is 0 Å². The number of hydrogen-bond donors (Lipinski definition) is 1. The average Bonchev–Trinajstić information content (AvgIpc) is 2.94. The third kappa shape index (κ3) is 1.87. The molecule has 0 amide bonds. The first-order valence-electron chi connectivity index (χ1n) is 5.30. The summed E-state index contributed by atoms with van der Waals surface area (Å²) in [6.07, 6.45) is 0. The number of nitrogens with zero attached hydrogens (tertiary/aromatic N) is 4. The molecule has 0 saturated heterocycles. The zero-order valence-corrected chi connectivity index (χ0v) is 10.4. The second-order valence-electron chi connectivity index (χ2n) is 3.67. The van der Waals surface area contributed by atoms with Gasteiger partial charge in [-0.1, -0.05) is 12.1 Å². The Balaban J connectivity index is 1.93. The maximum atomic E-state index is 9.04.